The van der Waals surface area contributed by atoms with Gasteiger partial charge in [-0.25, -0.2) is 5.48 Å². The lowest BCUT2D eigenvalue weighted by molar-refractivity contribution is -0.146. The van der Waals surface area contributed by atoms with Crippen LogP contribution in [0.1, 0.15) is 46.0 Å². The van der Waals surface area contributed by atoms with Crippen LogP contribution in [0.2, 0.25) is 0 Å². The van der Waals surface area contributed by atoms with Gasteiger partial charge in [0.2, 0.25) is 5.91 Å². The lowest BCUT2D eigenvalue weighted by Crippen LogP contribution is -2.40. The third-order valence-corrected chi connectivity index (χ3v) is 3.40. The van der Waals surface area contributed by atoms with Crippen molar-refractivity contribution >= 4 is 5.91 Å². The number of hydrogen-bond acceptors (Lipinski definition) is 3. The molecule has 4 nitrogen and oxygen atoms in total. The van der Waals surface area contributed by atoms with Gasteiger partial charge < -0.3 is 4.74 Å². The molecule has 100 valence electrons. The SMILES string of the molecule is COCCONC(=O)C1(CC(C)C)CCCC1. The molecule has 0 spiro atoms. The van der Waals surface area contributed by atoms with Crippen molar-refractivity contribution in [3.05, 3.63) is 0 Å². The number of rotatable bonds is 7. The van der Waals surface area contributed by atoms with Gasteiger partial charge in [-0.2, -0.15) is 0 Å². The van der Waals surface area contributed by atoms with Gasteiger partial charge in [0.15, 0.2) is 0 Å². The first-order valence-electron chi connectivity index (χ1n) is 6.52. The molecule has 0 heterocycles. The molecular formula is C13H25NO3. The molecule has 0 aromatic carbocycles. The van der Waals surface area contributed by atoms with Crippen LogP contribution in [0.25, 0.3) is 0 Å². The maximum atomic E-state index is 12.2. The van der Waals surface area contributed by atoms with E-state index >= 15 is 0 Å². The summed E-state index contributed by atoms with van der Waals surface area (Å²) in [5.41, 5.74) is 2.39. The molecule has 0 aromatic rings. The first-order valence-corrected chi connectivity index (χ1v) is 6.52. The maximum Gasteiger partial charge on any atom is 0.249 e. The molecule has 1 aliphatic carbocycles. The van der Waals surface area contributed by atoms with Crippen LogP contribution in [0, 0.1) is 11.3 Å². The van der Waals surface area contributed by atoms with E-state index in [9.17, 15) is 4.79 Å². The predicted molar refractivity (Wildman–Crippen MR) is 66.3 cm³/mol. The van der Waals surface area contributed by atoms with Crippen LogP contribution in [0.4, 0.5) is 0 Å². The number of carbonyl (C=O) groups is 1. The van der Waals surface area contributed by atoms with Crippen LogP contribution >= 0.6 is 0 Å². The molecule has 0 aliphatic heterocycles. The number of hydroxylamine groups is 1. The highest BCUT2D eigenvalue weighted by molar-refractivity contribution is 5.82. The van der Waals surface area contributed by atoms with Crippen molar-refractivity contribution in [2.75, 3.05) is 20.3 Å². The number of amides is 1. The summed E-state index contributed by atoms with van der Waals surface area (Å²) in [4.78, 5) is 17.3. The molecule has 1 saturated carbocycles. The molecule has 17 heavy (non-hydrogen) atoms. The van der Waals surface area contributed by atoms with Crippen LogP contribution in [-0.4, -0.2) is 26.2 Å². The van der Waals surface area contributed by atoms with E-state index in [1.807, 2.05) is 0 Å². The number of ether oxygens (including phenoxy) is 1. The second kappa shape index (κ2) is 6.97. The fourth-order valence-electron chi connectivity index (χ4n) is 2.71. The number of hydrogen-bond donors (Lipinski definition) is 1. The van der Waals surface area contributed by atoms with Crippen molar-refractivity contribution in [2.45, 2.75) is 46.0 Å². The maximum absolute atomic E-state index is 12.2. The van der Waals surface area contributed by atoms with Crippen molar-refractivity contribution < 1.29 is 14.4 Å². The Morgan fingerprint density at radius 3 is 2.47 bits per heavy atom. The normalized spacial score (nSPS) is 18.6. The molecule has 1 rings (SSSR count). The van der Waals surface area contributed by atoms with E-state index in [4.69, 9.17) is 9.57 Å². The number of nitrogens with one attached hydrogen (secondary N) is 1. The minimum absolute atomic E-state index is 0.0554. The van der Waals surface area contributed by atoms with Gasteiger partial charge in [0.1, 0.15) is 0 Å². The van der Waals surface area contributed by atoms with Gasteiger partial charge in [-0.05, 0) is 25.2 Å². The van der Waals surface area contributed by atoms with Crippen LogP contribution < -0.4 is 5.48 Å². The van der Waals surface area contributed by atoms with E-state index in [1.165, 1.54) is 0 Å². The fraction of sp³-hybridized carbons (Fsp3) is 0.923. The van der Waals surface area contributed by atoms with Crippen LogP contribution in [0.5, 0.6) is 0 Å². The van der Waals surface area contributed by atoms with Crippen LogP contribution in [-0.2, 0) is 14.4 Å². The second-order valence-electron chi connectivity index (χ2n) is 5.36. The van der Waals surface area contributed by atoms with E-state index in [1.54, 1.807) is 7.11 Å². The Kier molecular flexibility index (Phi) is 5.92. The van der Waals surface area contributed by atoms with Gasteiger partial charge in [0.25, 0.3) is 0 Å². The Balaban J connectivity index is 2.43. The summed E-state index contributed by atoms with van der Waals surface area (Å²) >= 11 is 0. The zero-order valence-corrected chi connectivity index (χ0v) is 11.3. The highest BCUT2D eigenvalue weighted by Crippen LogP contribution is 2.43. The third-order valence-electron chi connectivity index (χ3n) is 3.40. The summed E-state index contributed by atoms with van der Waals surface area (Å²) in [6, 6.07) is 0. The molecule has 4 heteroatoms. The lowest BCUT2D eigenvalue weighted by atomic mass is 9.78. The van der Waals surface area contributed by atoms with Gasteiger partial charge in [-0.1, -0.05) is 26.7 Å². The summed E-state index contributed by atoms with van der Waals surface area (Å²) < 4.78 is 4.86. The van der Waals surface area contributed by atoms with E-state index in [0.29, 0.717) is 19.1 Å². The highest BCUT2D eigenvalue weighted by atomic mass is 16.7. The zero-order chi connectivity index (χ0) is 12.7. The summed E-state index contributed by atoms with van der Waals surface area (Å²) in [5, 5.41) is 0. The molecule has 1 amide bonds. The van der Waals surface area contributed by atoms with E-state index in [-0.39, 0.29) is 11.3 Å². The Bertz CT molecular complexity index is 235. The predicted octanol–water partition coefficient (Wildman–Crippen LogP) is 2.29. The average molecular weight is 243 g/mol. The average Bonchev–Trinajstić information content (AvgIpc) is 2.73. The smallest absolute Gasteiger partial charge is 0.249 e. The third kappa shape index (κ3) is 4.28. The minimum atomic E-state index is -0.193. The summed E-state index contributed by atoms with van der Waals surface area (Å²) in [7, 11) is 1.61. The van der Waals surface area contributed by atoms with Gasteiger partial charge in [-0.3, -0.25) is 9.63 Å². The monoisotopic (exact) mass is 243 g/mol. The fourth-order valence-corrected chi connectivity index (χ4v) is 2.71. The van der Waals surface area contributed by atoms with Gasteiger partial charge >= 0.3 is 0 Å². The molecule has 0 aromatic heterocycles. The molecule has 0 saturated heterocycles. The molecule has 1 aliphatic rings. The first-order chi connectivity index (χ1) is 8.10. The lowest BCUT2D eigenvalue weighted by Gasteiger charge is -2.29. The minimum Gasteiger partial charge on any atom is -0.382 e. The molecule has 0 atom stereocenters. The van der Waals surface area contributed by atoms with E-state index in [0.717, 1.165) is 32.1 Å². The largest absolute Gasteiger partial charge is 0.382 e. The van der Waals surface area contributed by atoms with Crippen LogP contribution in [0.3, 0.4) is 0 Å². The molecule has 1 N–H and O–H groups in total. The zero-order valence-electron chi connectivity index (χ0n) is 11.3. The van der Waals surface area contributed by atoms with Crippen molar-refractivity contribution in [2.24, 2.45) is 11.3 Å². The Morgan fingerprint density at radius 1 is 1.29 bits per heavy atom. The second-order valence-corrected chi connectivity index (χ2v) is 5.36. The molecule has 0 radical (unpaired) electrons. The van der Waals surface area contributed by atoms with E-state index in [2.05, 4.69) is 19.3 Å². The van der Waals surface area contributed by atoms with Crippen molar-refractivity contribution in [3.63, 3.8) is 0 Å². The summed E-state index contributed by atoms with van der Waals surface area (Å²) in [6.07, 6.45) is 5.23. The van der Waals surface area contributed by atoms with E-state index < -0.39 is 0 Å². The number of carbonyl (C=O) groups excluding carboxylic acids is 1. The standard InChI is InChI=1S/C13H25NO3/c1-11(2)10-13(6-4-5-7-13)12(15)14-17-9-8-16-3/h11H,4-10H2,1-3H3,(H,14,15). The Labute approximate surface area is 104 Å². The topological polar surface area (TPSA) is 47.6 Å². The van der Waals surface area contributed by atoms with Crippen molar-refractivity contribution in [1.29, 1.82) is 0 Å². The summed E-state index contributed by atoms with van der Waals surface area (Å²) in [5.74, 6) is 0.595. The molecule has 0 unspecified atom stereocenters. The number of methoxy groups -OCH3 is 1. The Morgan fingerprint density at radius 2 is 1.94 bits per heavy atom. The van der Waals surface area contributed by atoms with Crippen LogP contribution in [0.15, 0.2) is 0 Å². The first kappa shape index (κ1) is 14.5. The van der Waals surface area contributed by atoms with Gasteiger partial charge in [0, 0.05) is 7.11 Å². The quantitative estimate of drug-likeness (QED) is 0.551. The summed E-state index contributed by atoms with van der Waals surface area (Å²) in [6.45, 7) is 5.23. The van der Waals surface area contributed by atoms with Gasteiger partial charge in [0.05, 0.1) is 18.6 Å². The van der Waals surface area contributed by atoms with Gasteiger partial charge in [-0.15, -0.1) is 0 Å². The van der Waals surface area contributed by atoms with Crippen molar-refractivity contribution in [3.8, 4) is 0 Å². The highest BCUT2D eigenvalue weighted by Gasteiger charge is 2.41. The molecular weight excluding hydrogens is 218 g/mol. The Hall–Kier alpha value is -0.610. The molecule has 1 fully saturated rings. The van der Waals surface area contributed by atoms with Crippen molar-refractivity contribution in [1.82, 2.24) is 5.48 Å². The molecule has 0 bridgehead atoms.